The van der Waals surface area contributed by atoms with E-state index in [0.717, 1.165) is 109 Å². The van der Waals surface area contributed by atoms with Crippen LogP contribution in [0, 0.1) is 0 Å². The Bertz CT molecular complexity index is 1320. The van der Waals surface area contributed by atoms with E-state index in [1.165, 1.54) is 154 Å². The molecule has 0 spiro atoms. The number of esters is 3. The Morgan fingerprint density at radius 3 is 0.873 bits per heavy atom. The van der Waals surface area contributed by atoms with Gasteiger partial charge in [-0.25, -0.2) is 0 Å². The summed E-state index contributed by atoms with van der Waals surface area (Å²) in [6.45, 7) is 6.54. The second-order valence-electron chi connectivity index (χ2n) is 20.2. The van der Waals surface area contributed by atoms with Crippen LogP contribution in [0.5, 0.6) is 0 Å². The summed E-state index contributed by atoms with van der Waals surface area (Å²) >= 11 is 0. The minimum atomic E-state index is -0.785. The molecule has 0 amide bonds. The van der Waals surface area contributed by atoms with E-state index in [2.05, 4.69) is 93.7 Å². The van der Waals surface area contributed by atoms with E-state index in [1.54, 1.807) is 0 Å². The van der Waals surface area contributed by atoms with Crippen molar-refractivity contribution in [2.75, 3.05) is 13.2 Å². The number of unbranched alkanes of at least 4 members (excludes halogenated alkanes) is 32. The first kappa shape index (κ1) is 67.8. The van der Waals surface area contributed by atoms with Crippen molar-refractivity contribution in [3.05, 3.63) is 72.9 Å². The van der Waals surface area contributed by atoms with Crippen molar-refractivity contribution in [2.45, 2.75) is 309 Å². The van der Waals surface area contributed by atoms with E-state index >= 15 is 0 Å². The average molecular weight is 992 g/mol. The highest BCUT2D eigenvalue weighted by atomic mass is 16.6. The Morgan fingerprint density at radius 2 is 0.549 bits per heavy atom. The maximum atomic E-state index is 12.9. The van der Waals surface area contributed by atoms with E-state index in [-0.39, 0.29) is 31.1 Å². The molecule has 0 radical (unpaired) electrons. The van der Waals surface area contributed by atoms with E-state index in [0.29, 0.717) is 19.3 Å². The number of hydrogen-bond acceptors (Lipinski definition) is 6. The van der Waals surface area contributed by atoms with Gasteiger partial charge in [-0.3, -0.25) is 14.4 Å². The molecule has 410 valence electrons. The maximum Gasteiger partial charge on any atom is 0.306 e. The highest BCUT2D eigenvalue weighted by Gasteiger charge is 2.19. The fraction of sp³-hybridized carbons (Fsp3) is 0.769. The van der Waals surface area contributed by atoms with E-state index in [9.17, 15) is 14.4 Å². The first-order valence-electron chi connectivity index (χ1n) is 30.4. The van der Waals surface area contributed by atoms with E-state index in [4.69, 9.17) is 14.2 Å². The molecule has 6 heteroatoms. The van der Waals surface area contributed by atoms with Crippen molar-refractivity contribution in [1.82, 2.24) is 0 Å². The number of rotatable bonds is 55. The third kappa shape index (κ3) is 57.6. The van der Waals surface area contributed by atoms with Gasteiger partial charge in [0, 0.05) is 19.3 Å². The molecule has 0 rings (SSSR count). The molecule has 0 aliphatic heterocycles. The highest BCUT2D eigenvalue weighted by molar-refractivity contribution is 5.71. The van der Waals surface area contributed by atoms with Gasteiger partial charge in [0.25, 0.3) is 0 Å². The van der Waals surface area contributed by atoms with Gasteiger partial charge < -0.3 is 14.2 Å². The van der Waals surface area contributed by atoms with Crippen molar-refractivity contribution < 1.29 is 28.6 Å². The quantitative estimate of drug-likeness (QED) is 0.0261. The first-order valence-corrected chi connectivity index (χ1v) is 30.4. The molecule has 0 saturated heterocycles. The van der Waals surface area contributed by atoms with Gasteiger partial charge >= 0.3 is 17.9 Å². The topological polar surface area (TPSA) is 78.9 Å². The van der Waals surface area contributed by atoms with E-state index in [1.807, 2.05) is 0 Å². The van der Waals surface area contributed by atoms with Gasteiger partial charge in [0.1, 0.15) is 13.2 Å². The zero-order valence-corrected chi connectivity index (χ0v) is 47.0. The number of carbonyl (C=O) groups excluding carboxylic acids is 3. The fourth-order valence-corrected chi connectivity index (χ4v) is 8.64. The molecule has 0 N–H and O–H groups in total. The molecule has 0 saturated carbocycles. The van der Waals surface area contributed by atoms with Crippen LogP contribution in [0.4, 0.5) is 0 Å². The van der Waals surface area contributed by atoms with Crippen LogP contribution in [-0.2, 0) is 28.6 Å². The number of carbonyl (C=O) groups is 3. The molecule has 0 heterocycles. The molecule has 0 aliphatic carbocycles. The van der Waals surface area contributed by atoms with Crippen LogP contribution in [0.2, 0.25) is 0 Å². The summed E-state index contributed by atoms with van der Waals surface area (Å²) in [5.74, 6) is -0.891. The Hall–Kier alpha value is -3.15. The average Bonchev–Trinajstić information content (AvgIpc) is 3.37. The Morgan fingerprint density at radius 1 is 0.296 bits per heavy atom. The molecule has 0 bridgehead atoms. The summed E-state index contributed by atoms with van der Waals surface area (Å²) < 4.78 is 16.9. The molecule has 71 heavy (non-hydrogen) atoms. The number of ether oxygens (including phenoxy) is 3. The minimum Gasteiger partial charge on any atom is -0.462 e. The van der Waals surface area contributed by atoms with Crippen LogP contribution >= 0.6 is 0 Å². The molecule has 0 fully saturated rings. The van der Waals surface area contributed by atoms with Crippen molar-refractivity contribution in [3.63, 3.8) is 0 Å². The molecular formula is C65H114O6. The monoisotopic (exact) mass is 991 g/mol. The van der Waals surface area contributed by atoms with Crippen LogP contribution in [0.3, 0.4) is 0 Å². The SMILES string of the molecule is CC/C=C\C/C=C\C/C=C\C/C=C\C/C=C\CCCCCCCC(=O)OCC(COC(=O)CCCCCCCCCCCCCCCCC)OC(=O)CCCCCCCCC/C=C\CCCCCCCC. The molecule has 0 aliphatic rings. The van der Waals surface area contributed by atoms with Crippen LogP contribution in [0.1, 0.15) is 303 Å². The van der Waals surface area contributed by atoms with Gasteiger partial charge in [0.2, 0.25) is 0 Å². The van der Waals surface area contributed by atoms with Gasteiger partial charge in [0.05, 0.1) is 0 Å². The summed E-state index contributed by atoms with van der Waals surface area (Å²) in [5, 5.41) is 0. The lowest BCUT2D eigenvalue weighted by Crippen LogP contribution is -2.30. The smallest absolute Gasteiger partial charge is 0.306 e. The Kier molecular flexibility index (Phi) is 56.8. The van der Waals surface area contributed by atoms with E-state index < -0.39 is 6.10 Å². The summed E-state index contributed by atoms with van der Waals surface area (Å²) in [6, 6.07) is 0. The molecule has 0 aromatic carbocycles. The number of allylic oxidation sites excluding steroid dienone is 12. The molecule has 6 nitrogen and oxygen atoms in total. The second kappa shape index (κ2) is 59.4. The van der Waals surface area contributed by atoms with Crippen molar-refractivity contribution in [3.8, 4) is 0 Å². The van der Waals surface area contributed by atoms with Crippen LogP contribution in [0.15, 0.2) is 72.9 Å². The lowest BCUT2D eigenvalue weighted by atomic mass is 10.0. The zero-order valence-electron chi connectivity index (χ0n) is 47.0. The maximum absolute atomic E-state index is 12.9. The summed E-state index contributed by atoms with van der Waals surface area (Å²) in [7, 11) is 0. The second-order valence-corrected chi connectivity index (χ2v) is 20.2. The first-order chi connectivity index (χ1) is 35.0. The molecule has 1 unspecified atom stereocenters. The lowest BCUT2D eigenvalue weighted by molar-refractivity contribution is -0.167. The molecular weight excluding hydrogens is 877 g/mol. The van der Waals surface area contributed by atoms with Crippen LogP contribution < -0.4 is 0 Å². The minimum absolute atomic E-state index is 0.0806. The van der Waals surface area contributed by atoms with Gasteiger partial charge in [-0.1, -0.05) is 267 Å². The molecule has 1 atom stereocenters. The Labute approximate surface area is 440 Å². The van der Waals surface area contributed by atoms with Gasteiger partial charge in [-0.15, -0.1) is 0 Å². The predicted octanol–water partition coefficient (Wildman–Crippen LogP) is 20.5. The van der Waals surface area contributed by atoms with Crippen LogP contribution in [0.25, 0.3) is 0 Å². The van der Waals surface area contributed by atoms with Crippen molar-refractivity contribution >= 4 is 17.9 Å². The fourth-order valence-electron chi connectivity index (χ4n) is 8.64. The Balaban J connectivity index is 4.40. The van der Waals surface area contributed by atoms with Gasteiger partial charge in [0.15, 0.2) is 6.10 Å². The standard InChI is InChI=1S/C65H114O6/c1-4-7-10-13-16-19-22-25-28-30-31-32-33-35-37-40-43-46-49-52-55-58-64(67)70-61-62(60-69-63(66)57-54-51-48-45-42-39-36-27-24-21-18-15-12-9-6-3)71-65(68)59-56-53-50-47-44-41-38-34-29-26-23-20-17-14-11-8-5-2/h7,10,16,19,25-26,28-29,31-32,35,37,62H,4-6,8-9,11-15,17-18,20-24,27,30,33-34,36,38-61H2,1-3H3/b10-7-,19-16-,28-25-,29-26-,32-31-,37-35-. The van der Waals surface area contributed by atoms with Crippen molar-refractivity contribution in [2.24, 2.45) is 0 Å². The lowest BCUT2D eigenvalue weighted by Gasteiger charge is -2.18. The summed E-state index contributed by atoms with van der Waals surface area (Å²) in [6.07, 6.45) is 76.0. The summed E-state index contributed by atoms with van der Waals surface area (Å²) in [4.78, 5) is 38.2. The third-order valence-electron chi connectivity index (χ3n) is 13.2. The largest absolute Gasteiger partial charge is 0.462 e. The number of hydrogen-bond donors (Lipinski definition) is 0. The predicted molar refractivity (Wildman–Crippen MR) is 307 cm³/mol. The van der Waals surface area contributed by atoms with Gasteiger partial charge in [-0.05, 0) is 89.9 Å². The van der Waals surface area contributed by atoms with Crippen molar-refractivity contribution in [1.29, 1.82) is 0 Å². The highest BCUT2D eigenvalue weighted by Crippen LogP contribution is 2.16. The zero-order chi connectivity index (χ0) is 51.4. The molecule has 0 aromatic rings. The third-order valence-corrected chi connectivity index (χ3v) is 13.2. The normalized spacial score (nSPS) is 12.5. The molecule has 0 aromatic heterocycles. The summed E-state index contributed by atoms with van der Waals surface area (Å²) in [5.41, 5.74) is 0. The van der Waals surface area contributed by atoms with Crippen LogP contribution in [-0.4, -0.2) is 37.2 Å². The van der Waals surface area contributed by atoms with Gasteiger partial charge in [-0.2, -0.15) is 0 Å².